The fourth-order valence-electron chi connectivity index (χ4n) is 2.35. The Balaban J connectivity index is 1.89. The lowest BCUT2D eigenvalue weighted by Gasteiger charge is -2.18. The molecule has 0 aliphatic carbocycles. The van der Waals surface area contributed by atoms with Gasteiger partial charge < -0.3 is 10.5 Å². The maximum absolute atomic E-state index is 6.02. The third kappa shape index (κ3) is 3.59. The molecular weight excluding hydrogens is 320 g/mol. The highest BCUT2D eigenvalue weighted by Crippen LogP contribution is 2.37. The highest BCUT2D eigenvalue weighted by atomic mass is 32.2. The number of benzene rings is 1. The molecule has 1 unspecified atom stereocenters. The molecule has 1 aliphatic heterocycles. The molecule has 6 heteroatoms. The van der Waals surface area contributed by atoms with Gasteiger partial charge in [-0.05, 0) is 36.3 Å². The van der Waals surface area contributed by atoms with Crippen molar-refractivity contribution < 1.29 is 4.74 Å². The molecular formula is C18H20N4OS. The van der Waals surface area contributed by atoms with Crippen LogP contribution in [0.5, 0.6) is 5.75 Å². The van der Waals surface area contributed by atoms with Crippen molar-refractivity contribution in [2.75, 3.05) is 7.11 Å². The van der Waals surface area contributed by atoms with E-state index in [4.69, 9.17) is 10.5 Å². The molecule has 24 heavy (non-hydrogen) atoms. The number of amidine groups is 1. The molecule has 5 nitrogen and oxygen atoms in total. The van der Waals surface area contributed by atoms with Crippen molar-refractivity contribution in [2.24, 2.45) is 10.7 Å². The van der Waals surface area contributed by atoms with Crippen LogP contribution in [-0.4, -0.2) is 22.2 Å². The van der Waals surface area contributed by atoms with Gasteiger partial charge in [-0.1, -0.05) is 25.6 Å². The molecule has 2 heterocycles. The number of aliphatic imine (C=N–C) groups is 1. The second-order valence-corrected chi connectivity index (χ2v) is 6.95. The summed E-state index contributed by atoms with van der Waals surface area (Å²) >= 11 is 1.48. The summed E-state index contributed by atoms with van der Waals surface area (Å²) in [7, 11) is 1.65. The molecule has 0 saturated carbocycles. The Bertz CT molecular complexity index is 767. The first kappa shape index (κ1) is 16.5. The zero-order chi connectivity index (χ0) is 17.1. The molecule has 2 aromatic rings. The van der Waals surface area contributed by atoms with E-state index in [-0.39, 0.29) is 5.25 Å². The zero-order valence-corrected chi connectivity index (χ0v) is 14.7. The maximum Gasteiger partial charge on any atom is 0.160 e. The van der Waals surface area contributed by atoms with Gasteiger partial charge in [0.2, 0.25) is 0 Å². The molecule has 3 rings (SSSR count). The summed E-state index contributed by atoms with van der Waals surface area (Å²) in [5, 5.41) is 0.538. The summed E-state index contributed by atoms with van der Waals surface area (Å²) in [6, 6.07) is 7.77. The first-order valence-corrected chi connectivity index (χ1v) is 8.63. The molecule has 1 aromatic heterocycles. The third-order valence-corrected chi connectivity index (χ3v) is 4.71. The van der Waals surface area contributed by atoms with Gasteiger partial charge in [-0.3, -0.25) is 9.97 Å². The summed E-state index contributed by atoms with van der Waals surface area (Å²) in [5.41, 5.74) is 9.73. The number of ether oxygens (including phenoxy) is 1. The molecule has 0 spiro atoms. The number of nitrogens with two attached hydrogens (primary N) is 1. The molecule has 0 fully saturated rings. The highest BCUT2D eigenvalue weighted by Gasteiger charge is 2.20. The fourth-order valence-corrected chi connectivity index (χ4v) is 3.20. The Morgan fingerprint density at radius 3 is 2.46 bits per heavy atom. The third-order valence-electron chi connectivity index (χ3n) is 3.75. The molecule has 0 radical (unpaired) electrons. The van der Waals surface area contributed by atoms with Gasteiger partial charge in [0, 0.05) is 11.8 Å². The summed E-state index contributed by atoms with van der Waals surface area (Å²) in [5.74, 6) is 1.18. The molecule has 124 valence electrons. The second kappa shape index (κ2) is 7.05. The van der Waals surface area contributed by atoms with E-state index in [0.29, 0.717) is 11.1 Å². The van der Waals surface area contributed by atoms with E-state index in [0.717, 1.165) is 28.4 Å². The SMILES string of the molecule is COc1ccc(C2=CC(c3cnc(C(C)C)cn3)SC(N)=N2)cc1. The van der Waals surface area contributed by atoms with Gasteiger partial charge >= 0.3 is 0 Å². The predicted molar refractivity (Wildman–Crippen MR) is 99.0 cm³/mol. The number of nitrogens with zero attached hydrogens (tertiary/aromatic N) is 3. The van der Waals surface area contributed by atoms with E-state index in [9.17, 15) is 0 Å². The Hall–Kier alpha value is -2.34. The second-order valence-electron chi connectivity index (χ2n) is 5.79. The molecule has 0 bridgehead atoms. The van der Waals surface area contributed by atoms with E-state index in [1.54, 1.807) is 7.11 Å². The van der Waals surface area contributed by atoms with Crippen molar-refractivity contribution in [1.82, 2.24) is 9.97 Å². The van der Waals surface area contributed by atoms with Crippen LogP contribution >= 0.6 is 11.8 Å². The summed E-state index contributed by atoms with van der Waals surface area (Å²) in [6.07, 6.45) is 5.74. The minimum atomic E-state index is 0.00770. The minimum Gasteiger partial charge on any atom is -0.497 e. The number of hydrogen-bond acceptors (Lipinski definition) is 6. The summed E-state index contributed by atoms with van der Waals surface area (Å²) in [4.78, 5) is 13.5. The van der Waals surface area contributed by atoms with Crippen molar-refractivity contribution in [3.05, 3.63) is 59.7 Å². The number of methoxy groups -OCH3 is 1. The quantitative estimate of drug-likeness (QED) is 0.917. The number of rotatable bonds is 4. The molecule has 1 aromatic carbocycles. The van der Waals surface area contributed by atoms with Crippen molar-refractivity contribution in [3.8, 4) is 5.75 Å². The average molecular weight is 340 g/mol. The van der Waals surface area contributed by atoms with Crippen LogP contribution in [-0.2, 0) is 0 Å². The zero-order valence-electron chi connectivity index (χ0n) is 13.9. The first-order chi connectivity index (χ1) is 11.6. The van der Waals surface area contributed by atoms with Crippen molar-refractivity contribution in [1.29, 1.82) is 0 Å². The van der Waals surface area contributed by atoms with Crippen LogP contribution in [0.1, 0.15) is 42.0 Å². The fraction of sp³-hybridized carbons (Fsp3) is 0.278. The Labute approximate surface area is 146 Å². The number of thioether (sulfide) groups is 1. The first-order valence-electron chi connectivity index (χ1n) is 7.75. The standard InChI is InChI=1S/C18H20N4OS/c1-11(2)15-9-21-16(10-20-15)17-8-14(22-18(19)24-17)12-4-6-13(23-3)7-5-12/h4-11,17H,1-3H3,(H2,19,22). The van der Waals surface area contributed by atoms with E-state index in [1.165, 1.54) is 11.8 Å². The smallest absolute Gasteiger partial charge is 0.160 e. The average Bonchev–Trinajstić information content (AvgIpc) is 2.61. The Morgan fingerprint density at radius 1 is 1.12 bits per heavy atom. The van der Waals surface area contributed by atoms with Crippen LogP contribution < -0.4 is 10.5 Å². The van der Waals surface area contributed by atoms with Gasteiger partial charge in [0.15, 0.2) is 5.17 Å². The van der Waals surface area contributed by atoms with Crippen molar-refractivity contribution in [2.45, 2.75) is 25.0 Å². The van der Waals surface area contributed by atoms with Gasteiger partial charge in [0.1, 0.15) is 5.75 Å². The summed E-state index contributed by atoms with van der Waals surface area (Å²) in [6.45, 7) is 4.21. The van der Waals surface area contributed by atoms with E-state index in [2.05, 4.69) is 34.9 Å². The van der Waals surface area contributed by atoms with Gasteiger partial charge in [0.25, 0.3) is 0 Å². The molecule has 1 aliphatic rings. The molecule has 2 N–H and O–H groups in total. The normalized spacial score (nSPS) is 17.4. The van der Waals surface area contributed by atoms with E-state index >= 15 is 0 Å². The lowest BCUT2D eigenvalue weighted by atomic mass is 10.1. The van der Waals surface area contributed by atoms with Crippen LogP contribution in [0.2, 0.25) is 0 Å². The Kier molecular flexibility index (Phi) is 4.85. The maximum atomic E-state index is 6.02. The highest BCUT2D eigenvalue weighted by molar-refractivity contribution is 8.14. The van der Waals surface area contributed by atoms with Crippen LogP contribution in [0.4, 0.5) is 0 Å². The van der Waals surface area contributed by atoms with Gasteiger partial charge in [-0.15, -0.1) is 0 Å². The van der Waals surface area contributed by atoms with Crippen LogP contribution in [0.15, 0.2) is 47.7 Å². The van der Waals surface area contributed by atoms with Gasteiger partial charge in [0.05, 0.1) is 35.6 Å². The van der Waals surface area contributed by atoms with Gasteiger partial charge in [-0.25, -0.2) is 4.99 Å². The largest absolute Gasteiger partial charge is 0.497 e. The molecule has 0 amide bonds. The van der Waals surface area contributed by atoms with Crippen LogP contribution in [0, 0.1) is 0 Å². The lowest BCUT2D eigenvalue weighted by Crippen LogP contribution is -2.14. The monoisotopic (exact) mass is 340 g/mol. The van der Waals surface area contributed by atoms with E-state index < -0.39 is 0 Å². The van der Waals surface area contributed by atoms with Gasteiger partial charge in [-0.2, -0.15) is 0 Å². The predicted octanol–water partition coefficient (Wildman–Crippen LogP) is 3.75. The molecule has 0 saturated heterocycles. The van der Waals surface area contributed by atoms with Crippen molar-refractivity contribution in [3.63, 3.8) is 0 Å². The number of hydrogen-bond donors (Lipinski definition) is 1. The Morgan fingerprint density at radius 2 is 1.88 bits per heavy atom. The summed E-state index contributed by atoms with van der Waals surface area (Å²) < 4.78 is 5.20. The topological polar surface area (TPSA) is 73.4 Å². The molecule has 1 atom stereocenters. The van der Waals surface area contributed by atoms with Crippen LogP contribution in [0.25, 0.3) is 5.70 Å². The number of aromatic nitrogens is 2. The minimum absolute atomic E-state index is 0.00770. The lowest BCUT2D eigenvalue weighted by molar-refractivity contribution is 0.415. The van der Waals surface area contributed by atoms with Crippen molar-refractivity contribution >= 4 is 22.6 Å². The van der Waals surface area contributed by atoms with Crippen LogP contribution in [0.3, 0.4) is 0 Å². The van der Waals surface area contributed by atoms with E-state index in [1.807, 2.05) is 36.7 Å².